The molecule has 0 aromatic heterocycles. The van der Waals surface area contributed by atoms with E-state index in [-0.39, 0.29) is 11.3 Å². The number of allylic oxidation sites excluding steroid dienone is 10. The number of primary amides is 1. The Labute approximate surface area is 224 Å². The van der Waals surface area contributed by atoms with Crippen LogP contribution in [0.5, 0.6) is 0 Å². The third kappa shape index (κ3) is 8.19. The largest absolute Gasteiger partial charge is 0.405 e. The molecule has 37 heavy (non-hydrogen) atoms. The molecule has 3 rings (SSSR count). The minimum absolute atomic E-state index is 0.175. The van der Waals surface area contributed by atoms with E-state index < -0.39 is 0 Å². The molecule has 2 unspecified atom stereocenters. The monoisotopic (exact) mass is 508 g/mol. The summed E-state index contributed by atoms with van der Waals surface area (Å²) >= 11 is 0. The molecule has 1 saturated carbocycles. The summed E-state index contributed by atoms with van der Waals surface area (Å²) in [6, 6.07) is 0. The number of hydrogen-bond donors (Lipinski definition) is 2. The Bertz CT molecular complexity index is 995. The molecule has 0 heterocycles. The van der Waals surface area contributed by atoms with Crippen molar-refractivity contribution in [3.05, 3.63) is 82.9 Å². The lowest BCUT2D eigenvalue weighted by Gasteiger charge is -2.38. The quantitative estimate of drug-likeness (QED) is 0.214. The molecule has 1 amide bonds. The first-order chi connectivity index (χ1) is 17.9. The van der Waals surface area contributed by atoms with Crippen LogP contribution in [0.3, 0.4) is 0 Å². The number of ether oxygens (including phenoxy) is 1. The molecule has 6 nitrogen and oxygen atoms in total. The van der Waals surface area contributed by atoms with E-state index in [1.165, 1.54) is 11.8 Å². The van der Waals surface area contributed by atoms with E-state index in [1.807, 2.05) is 89.4 Å². The van der Waals surface area contributed by atoms with Crippen molar-refractivity contribution in [3.8, 4) is 0 Å². The Morgan fingerprint density at radius 2 is 2.03 bits per heavy atom. The van der Waals surface area contributed by atoms with Crippen molar-refractivity contribution in [1.29, 1.82) is 0 Å². The van der Waals surface area contributed by atoms with Gasteiger partial charge in [0.1, 0.15) is 0 Å². The zero-order valence-corrected chi connectivity index (χ0v) is 24.0. The average molecular weight is 509 g/mol. The van der Waals surface area contributed by atoms with Crippen LogP contribution in [0.4, 0.5) is 0 Å². The molecular formula is C31H48N4O2. The Morgan fingerprint density at radius 1 is 1.30 bits per heavy atom. The zero-order valence-electron chi connectivity index (χ0n) is 24.0. The van der Waals surface area contributed by atoms with Crippen LogP contribution in [0.1, 0.15) is 80.1 Å². The summed E-state index contributed by atoms with van der Waals surface area (Å²) in [6.45, 7) is 12.3. The van der Waals surface area contributed by atoms with Crippen molar-refractivity contribution in [3.63, 3.8) is 0 Å². The minimum Gasteiger partial charge on any atom is -0.405 e. The van der Waals surface area contributed by atoms with Crippen molar-refractivity contribution in [2.75, 3.05) is 7.11 Å². The smallest absolute Gasteiger partial charge is 0.245 e. The standard InChI is InChI=1S/C19H29N3O.C10H13NO.C2H6/c1-5-19-12-11-17(14-16(19)9-10-18(19)23-4)22(21-6-2)15(3)8-7-13-20;1-2-8-6-4-3-5-7-9(8)10(11)12;1-2/h6-8,11,13-14,18H,5,9-10,12,20H2,1-4H3;3-6H,2,7H2,1H3,(H2,11,12);1-2H3/b13-7-,15-8+,21-6-;;. The van der Waals surface area contributed by atoms with Crippen LogP contribution in [0.25, 0.3) is 0 Å². The van der Waals surface area contributed by atoms with Gasteiger partial charge in [-0.1, -0.05) is 63.6 Å². The number of amides is 1. The van der Waals surface area contributed by atoms with Gasteiger partial charge in [0.15, 0.2) is 0 Å². The normalized spacial score (nSPS) is 23.0. The first kappa shape index (κ1) is 31.9. The summed E-state index contributed by atoms with van der Waals surface area (Å²) in [5.41, 5.74) is 16.3. The molecule has 0 aromatic carbocycles. The number of nitrogens with two attached hydrogens (primary N) is 2. The molecule has 0 bridgehead atoms. The summed E-state index contributed by atoms with van der Waals surface area (Å²) in [6.07, 6.45) is 25.7. The second-order valence-electron chi connectivity index (χ2n) is 8.87. The fourth-order valence-corrected chi connectivity index (χ4v) is 5.11. The number of carbonyl (C=O) groups is 1. The van der Waals surface area contributed by atoms with Crippen LogP contribution >= 0.6 is 0 Å². The second kappa shape index (κ2) is 16.6. The molecular weight excluding hydrogens is 460 g/mol. The highest BCUT2D eigenvalue weighted by molar-refractivity contribution is 5.93. The number of hydrazone groups is 1. The van der Waals surface area contributed by atoms with E-state index in [2.05, 4.69) is 24.2 Å². The van der Waals surface area contributed by atoms with Gasteiger partial charge in [0.05, 0.1) is 11.8 Å². The van der Waals surface area contributed by atoms with Gasteiger partial charge in [-0.05, 0) is 82.4 Å². The Morgan fingerprint density at radius 3 is 2.59 bits per heavy atom. The molecule has 6 heteroatoms. The highest BCUT2D eigenvalue weighted by atomic mass is 16.5. The van der Waals surface area contributed by atoms with Gasteiger partial charge in [-0.2, -0.15) is 5.10 Å². The predicted octanol–water partition coefficient (Wildman–Crippen LogP) is 6.81. The number of methoxy groups -OCH3 is 1. The van der Waals surface area contributed by atoms with E-state index in [1.54, 1.807) is 0 Å². The van der Waals surface area contributed by atoms with Gasteiger partial charge in [-0.25, -0.2) is 5.01 Å². The Balaban J connectivity index is 0.000000411. The van der Waals surface area contributed by atoms with E-state index >= 15 is 0 Å². The lowest BCUT2D eigenvalue weighted by atomic mass is 9.72. The first-order valence-electron chi connectivity index (χ1n) is 13.5. The van der Waals surface area contributed by atoms with Gasteiger partial charge < -0.3 is 16.2 Å². The molecule has 0 spiro atoms. The van der Waals surface area contributed by atoms with E-state index in [0.717, 1.165) is 54.6 Å². The van der Waals surface area contributed by atoms with Gasteiger partial charge in [0.2, 0.25) is 5.91 Å². The summed E-state index contributed by atoms with van der Waals surface area (Å²) in [5, 5.41) is 6.50. The lowest BCUT2D eigenvalue weighted by Crippen LogP contribution is -2.34. The molecule has 3 aliphatic carbocycles. The maximum Gasteiger partial charge on any atom is 0.245 e. The maximum absolute atomic E-state index is 11.0. The van der Waals surface area contributed by atoms with Crippen LogP contribution in [0.2, 0.25) is 0 Å². The predicted molar refractivity (Wildman–Crippen MR) is 157 cm³/mol. The molecule has 204 valence electrons. The summed E-state index contributed by atoms with van der Waals surface area (Å²) in [7, 11) is 1.84. The van der Waals surface area contributed by atoms with Crippen molar-refractivity contribution < 1.29 is 9.53 Å². The topological polar surface area (TPSA) is 93.9 Å². The van der Waals surface area contributed by atoms with Crippen molar-refractivity contribution in [2.24, 2.45) is 22.0 Å². The molecule has 1 fully saturated rings. The van der Waals surface area contributed by atoms with Crippen molar-refractivity contribution >= 4 is 12.1 Å². The van der Waals surface area contributed by atoms with Crippen LogP contribution in [-0.4, -0.2) is 30.3 Å². The Hall–Kier alpha value is -3.12. The molecule has 0 radical (unpaired) electrons. The van der Waals surface area contributed by atoms with Gasteiger partial charge in [-0.15, -0.1) is 0 Å². The van der Waals surface area contributed by atoms with E-state index in [9.17, 15) is 4.79 Å². The molecule has 0 saturated heterocycles. The van der Waals surface area contributed by atoms with Crippen LogP contribution in [-0.2, 0) is 9.53 Å². The van der Waals surface area contributed by atoms with Gasteiger partial charge >= 0.3 is 0 Å². The average Bonchev–Trinajstić information content (AvgIpc) is 3.11. The maximum atomic E-state index is 11.0. The van der Waals surface area contributed by atoms with Crippen LogP contribution < -0.4 is 11.5 Å². The third-order valence-electron chi connectivity index (χ3n) is 7.04. The molecule has 0 aromatic rings. The summed E-state index contributed by atoms with van der Waals surface area (Å²) in [5.74, 6) is -0.303. The first-order valence-corrected chi connectivity index (χ1v) is 13.5. The van der Waals surface area contributed by atoms with E-state index in [4.69, 9.17) is 16.2 Å². The molecule has 0 aliphatic heterocycles. The van der Waals surface area contributed by atoms with Gasteiger partial charge in [0, 0.05) is 30.0 Å². The number of nitrogens with zero attached hydrogens (tertiary/aromatic N) is 2. The Kier molecular flexibility index (Phi) is 14.3. The SMILES string of the molecule is C/C=N\N(C1=CCC2(CC)C(=C1)CCC2OC)/C(C)=C/C=C\N.CC.CCC1=C(C(N)=O)CC=CC=C1. The van der Waals surface area contributed by atoms with Crippen LogP contribution in [0, 0.1) is 5.41 Å². The number of carbonyl (C=O) groups excluding carboxylic acids is 1. The van der Waals surface area contributed by atoms with Gasteiger partial charge in [-0.3, -0.25) is 4.79 Å². The lowest BCUT2D eigenvalue weighted by molar-refractivity contribution is -0.114. The number of hydrogen-bond acceptors (Lipinski definition) is 5. The number of fused-ring (bicyclic) bond motifs is 1. The summed E-state index contributed by atoms with van der Waals surface area (Å²) in [4.78, 5) is 11.0. The third-order valence-corrected chi connectivity index (χ3v) is 7.04. The zero-order chi connectivity index (χ0) is 27.8. The fourth-order valence-electron chi connectivity index (χ4n) is 5.11. The molecule has 2 atom stereocenters. The fraction of sp³-hybridized carbons (Fsp3) is 0.484. The molecule has 3 aliphatic rings. The van der Waals surface area contributed by atoms with Crippen molar-refractivity contribution in [2.45, 2.75) is 86.2 Å². The second-order valence-corrected chi connectivity index (χ2v) is 8.87. The highest BCUT2D eigenvalue weighted by Gasteiger charge is 2.46. The number of rotatable bonds is 8. The van der Waals surface area contributed by atoms with Crippen molar-refractivity contribution in [1.82, 2.24) is 5.01 Å². The van der Waals surface area contributed by atoms with E-state index in [0.29, 0.717) is 12.5 Å². The molecule has 4 N–H and O–H groups in total. The summed E-state index contributed by atoms with van der Waals surface area (Å²) < 4.78 is 5.77. The highest BCUT2D eigenvalue weighted by Crippen LogP contribution is 2.52. The minimum atomic E-state index is -0.303. The van der Waals surface area contributed by atoms with Gasteiger partial charge in [0.25, 0.3) is 0 Å². The van der Waals surface area contributed by atoms with Crippen LogP contribution in [0.15, 0.2) is 88.0 Å².